The second-order valence-corrected chi connectivity index (χ2v) is 8.51. The van der Waals surface area contributed by atoms with Gasteiger partial charge in [-0.25, -0.2) is 4.98 Å². The smallest absolute Gasteiger partial charge is 0.140 e. The van der Waals surface area contributed by atoms with Gasteiger partial charge in [0.25, 0.3) is 0 Å². The molecule has 0 unspecified atom stereocenters. The zero-order chi connectivity index (χ0) is 19.7. The summed E-state index contributed by atoms with van der Waals surface area (Å²) < 4.78 is 0. The third kappa shape index (κ3) is 4.06. The fourth-order valence-corrected chi connectivity index (χ4v) is 4.50. The molecule has 4 nitrogen and oxygen atoms in total. The minimum Gasteiger partial charge on any atom is -0.338 e. The topological polar surface area (TPSA) is 44.0 Å². The molecule has 2 aromatic carbocycles. The lowest BCUT2D eigenvalue weighted by molar-refractivity contribution is 0.214. The molecule has 0 saturated carbocycles. The van der Waals surface area contributed by atoms with Crippen molar-refractivity contribution < 1.29 is 0 Å². The number of halogens is 2. The van der Waals surface area contributed by atoms with Gasteiger partial charge in [-0.2, -0.15) is 0 Å². The Balaban J connectivity index is 1.60. The van der Waals surface area contributed by atoms with Gasteiger partial charge in [-0.1, -0.05) is 29.3 Å². The second-order valence-electron chi connectivity index (χ2n) is 7.66. The van der Waals surface area contributed by atoms with E-state index in [0.29, 0.717) is 16.0 Å². The molecule has 0 atom stereocenters. The molecule has 0 spiro atoms. The number of aromatic amines is 1. The van der Waals surface area contributed by atoms with Gasteiger partial charge in [-0.3, -0.25) is 0 Å². The average Bonchev–Trinajstić information content (AvgIpc) is 3.13. The zero-order valence-corrected chi connectivity index (χ0v) is 17.9. The first kappa shape index (κ1) is 19.7. The number of H-pyrrole nitrogens is 1. The summed E-state index contributed by atoms with van der Waals surface area (Å²) in [7, 11) is 2.01. The Morgan fingerprint density at radius 1 is 1.18 bits per heavy atom. The van der Waals surface area contributed by atoms with Crippen molar-refractivity contribution >= 4 is 34.2 Å². The maximum Gasteiger partial charge on any atom is 0.140 e. The van der Waals surface area contributed by atoms with Crippen LogP contribution in [0.4, 0.5) is 0 Å². The first-order chi connectivity index (χ1) is 13.5. The van der Waals surface area contributed by atoms with Crippen LogP contribution in [0.2, 0.25) is 10.0 Å². The van der Waals surface area contributed by atoms with Crippen molar-refractivity contribution in [2.45, 2.75) is 25.7 Å². The summed E-state index contributed by atoms with van der Waals surface area (Å²) in [5, 5.41) is 4.54. The minimum atomic E-state index is 0.607. The first-order valence-corrected chi connectivity index (χ1v) is 10.6. The van der Waals surface area contributed by atoms with E-state index >= 15 is 0 Å². The summed E-state index contributed by atoms with van der Waals surface area (Å²) in [6, 6.07) is 10.0. The average molecular weight is 417 g/mol. The third-order valence-corrected chi connectivity index (χ3v) is 6.28. The van der Waals surface area contributed by atoms with Gasteiger partial charge in [0.15, 0.2) is 0 Å². The molecule has 0 bridgehead atoms. The molecule has 2 N–H and O–H groups in total. The summed E-state index contributed by atoms with van der Waals surface area (Å²) in [5.74, 6) is 1.38. The molecular weight excluding hydrogens is 391 g/mol. The summed E-state index contributed by atoms with van der Waals surface area (Å²) in [5.41, 5.74) is 5.51. The van der Waals surface area contributed by atoms with Crippen LogP contribution in [0.3, 0.4) is 0 Å². The number of rotatable bonds is 5. The molecule has 0 aliphatic carbocycles. The number of hydrogen-bond acceptors (Lipinski definition) is 3. The Morgan fingerprint density at radius 3 is 2.71 bits per heavy atom. The molecule has 6 heteroatoms. The molecule has 28 heavy (non-hydrogen) atoms. The molecule has 1 aliphatic heterocycles. The molecule has 2 heterocycles. The van der Waals surface area contributed by atoms with E-state index in [9.17, 15) is 0 Å². The molecule has 1 aromatic heterocycles. The van der Waals surface area contributed by atoms with Crippen LogP contribution in [-0.2, 0) is 0 Å². The van der Waals surface area contributed by atoms with Gasteiger partial charge < -0.3 is 15.2 Å². The molecule has 0 radical (unpaired) electrons. The molecule has 0 amide bonds. The molecule has 1 saturated heterocycles. The van der Waals surface area contributed by atoms with E-state index in [2.05, 4.69) is 34.3 Å². The van der Waals surface area contributed by atoms with Gasteiger partial charge in [0.2, 0.25) is 0 Å². The highest BCUT2D eigenvalue weighted by atomic mass is 35.5. The summed E-state index contributed by atoms with van der Waals surface area (Å²) >= 11 is 12.5. The lowest BCUT2D eigenvalue weighted by Gasteiger charge is -2.32. The van der Waals surface area contributed by atoms with E-state index in [0.717, 1.165) is 48.6 Å². The number of benzene rings is 2. The highest BCUT2D eigenvalue weighted by Crippen LogP contribution is 2.34. The second kappa shape index (κ2) is 8.42. The van der Waals surface area contributed by atoms with Crippen LogP contribution in [0.25, 0.3) is 22.4 Å². The Labute approximate surface area is 176 Å². The van der Waals surface area contributed by atoms with E-state index < -0.39 is 0 Å². The van der Waals surface area contributed by atoms with Crippen molar-refractivity contribution in [2.75, 3.05) is 33.2 Å². The van der Waals surface area contributed by atoms with Crippen LogP contribution in [0.1, 0.15) is 29.9 Å². The van der Waals surface area contributed by atoms with E-state index in [1.54, 1.807) is 6.07 Å². The normalized spacial score (nSPS) is 16.1. The fourth-order valence-electron chi connectivity index (χ4n) is 4.12. The number of imidazole rings is 1. The number of aromatic nitrogens is 2. The van der Waals surface area contributed by atoms with Gasteiger partial charge in [0, 0.05) is 23.7 Å². The third-order valence-electron chi connectivity index (χ3n) is 5.72. The number of fused-ring (bicyclic) bond motifs is 1. The van der Waals surface area contributed by atoms with Crippen molar-refractivity contribution in [3.63, 3.8) is 0 Å². The largest absolute Gasteiger partial charge is 0.338 e. The predicted octanol–water partition coefficient (Wildman–Crippen LogP) is 5.24. The lowest BCUT2D eigenvalue weighted by atomic mass is 9.88. The van der Waals surface area contributed by atoms with Gasteiger partial charge in [0.05, 0.1) is 16.1 Å². The molecular formula is C22H26Cl2N4. The number of nitrogens with zero attached hydrogens (tertiary/aromatic N) is 2. The Bertz CT molecular complexity index is 974. The number of piperidine rings is 1. The van der Waals surface area contributed by atoms with E-state index in [1.807, 2.05) is 19.2 Å². The van der Waals surface area contributed by atoms with E-state index in [1.165, 1.54) is 24.0 Å². The van der Waals surface area contributed by atoms with Crippen molar-refractivity contribution in [3.8, 4) is 11.4 Å². The van der Waals surface area contributed by atoms with Crippen LogP contribution >= 0.6 is 23.2 Å². The van der Waals surface area contributed by atoms with Crippen molar-refractivity contribution in [2.24, 2.45) is 0 Å². The first-order valence-electron chi connectivity index (χ1n) is 9.88. The van der Waals surface area contributed by atoms with Crippen LogP contribution in [0, 0.1) is 6.92 Å². The number of likely N-dealkylation sites (N-methyl/N-ethyl adjacent to an activating group) is 1. The molecule has 4 rings (SSSR count). The number of nitrogens with one attached hydrogen (secondary N) is 2. The van der Waals surface area contributed by atoms with Crippen LogP contribution in [-0.4, -0.2) is 48.1 Å². The summed E-state index contributed by atoms with van der Waals surface area (Å²) in [6.45, 7) is 6.65. The molecule has 3 aromatic rings. The molecule has 1 aliphatic rings. The standard InChI is InChI=1S/C22H26Cl2N4/c1-14-11-16(15-5-8-28(9-6-15)10-7-25-2)12-20-21(14)27-22(26-20)18-13-17(23)3-4-19(18)24/h3-4,11-13,15,25H,5-10H2,1-2H3,(H,26,27). The summed E-state index contributed by atoms with van der Waals surface area (Å²) in [4.78, 5) is 10.8. The molecule has 1 fully saturated rings. The highest BCUT2D eigenvalue weighted by Gasteiger charge is 2.22. The number of aryl methyl sites for hydroxylation is 1. The maximum atomic E-state index is 6.37. The van der Waals surface area contributed by atoms with Gasteiger partial charge >= 0.3 is 0 Å². The lowest BCUT2D eigenvalue weighted by Crippen LogP contribution is -2.37. The monoisotopic (exact) mass is 416 g/mol. The van der Waals surface area contributed by atoms with Gasteiger partial charge in [0.1, 0.15) is 5.82 Å². The van der Waals surface area contributed by atoms with E-state index in [4.69, 9.17) is 28.2 Å². The quantitative estimate of drug-likeness (QED) is 0.597. The Morgan fingerprint density at radius 2 is 1.96 bits per heavy atom. The van der Waals surface area contributed by atoms with Crippen LogP contribution < -0.4 is 5.32 Å². The van der Waals surface area contributed by atoms with Gasteiger partial charge in [-0.05, 0) is 81.2 Å². The van der Waals surface area contributed by atoms with E-state index in [-0.39, 0.29) is 0 Å². The maximum absolute atomic E-state index is 6.37. The van der Waals surface area contributed by atoms with Crippen LogP contribution in [0.15, 0.2) is 30.3 Å². The number of hydrogen-bond donors (Lipinski definition) is 2. The van der Waals surface area contributed by atoms with Crippen LogP contribution in [0.5, 0.6) is 0 Å². The Hall–Kier alpha value is -1.59. The Kier molecular flexibility index (Phi) is 5.93. The highest BCUT2D eigenvalue weighted by molar-refractivity contribution is 6.35. The number of likely N-dealkylation sites (tertiary alicyclic amines) is 1. The van der Waals surface area contributed by atoms with Crippen molar-refractivity contribution in [1.29, 1.82) is 0 Å². The summed E-state index contributed by atoms with van der Waals surface area (Å²) in [6.07, 6.45) is 2.41. The predicted molar refractivity (Wildman–Crippen MR) is 119 cm³/mol. The fraction of sp³-hybridized carbons (Fsp3) is 0.409. The SMILES string of the molecule is CNCCN1CCC(c2cc(C)c3nc(-c4cc(Cl)ccc4Cl)[nH]c3c2)CC1. The zero-order valence-electron chi connectivity index (χ0n) is 16.4. The minimum absolute atomic E-state index is 0.607. The molecule has 148 valence electrons. The van der Waals surface area contributed by atoms with Crippen molar-refractivity contribution in [1.82, 2.24) is 20.2 Å². The van der Waals surface area contributed by atoms with Gasteiger partial charge in [-0.15, -0.1) is 0 Å². The van der Waals surface area contributed by atoms with Crippen molar-refractivity contribution in [3.05, 3.63) is 51.5 Å².